The molecule has 1 aliphatic rings. The SMILES string of the molecule is FC(F)(F)c1ccc(-c2noc(C3CCCN3)n2)cc1. The van der Waals surface area contributed by atoms with Crippen molar-refractivity contribution in [3.63, 3.8) is 0 Å². The lowest BCUT2D eigenvalue weighted by molar-refractivity contribution is -0.137. The first kappa shape index (κ1) is 13.1. The molecular formula is C13H12F3N3O. The molecule has 20 heavy (non-hydrogen) atoms. The van der Waals surface area contributed by atoms with Gasteiger partial charge in [-0.25, -0.2) is 0 Å². The highest BCUT2D eigenvalue weighted by Crippen LogP contribution is 2.31. The third kappa shape index (κ3) is 2.53. The third-order valence-corrected chi connectivity index (χ3v) is 3.27. The predicted octanol–water partition coefficient (Wildman–Crippen LogP) is 3.18. The van der Waals surface area contributed by atoms with Gasteiger partial charge in [-0.3, -0.25) is 0 Å². The highest BCUT2D eigenvalue weighted by molar-refractivity contribution is 5.54. The summed E-state index contributed by atoms with van der Waals surface area (Å²) < 4.78 is 42.6. The van der Waals surface area contributed by atoms with E-state index >= 15 is 0 Å². The van der Waals surface area contributed by atoms with Crippen LogP contribution < -0.4 is 5.32 Å². The molecule has 0 radical (unpaired) electrons. The van der Waals surface area contributed by atoms with Gasteiger partial charge in [0.1, 0.15) is 0 Å². The molecule has 1 atom stereocenters. The molecule has 0 aliphatic carbocycles. The number of halogens is 3. The molecule has 1 fully saturated rings. The highest BCUT2D eigenvalue weighted by atomic mass is 19.4. The Labute approximate surface area is 113 Å². The Morgan fingerprint density at radius 1 is 1.20 bits per heavy atom. The van der Waals surface area contributed by atoms with E-state index in [0.717, 1.165) is 31.5 Å². The van der Waals surface area contributed by atoms with E-state index in [-0.39, 0.29) is 6.04 Å². The predicted molar refractivity (Wildman–Crippen MR) is 64.7 cm³/mol. The largest absolute Gasteiger partial charge is 0.416 e. The van der Waals surface area contributed by atoms with Gasteiger partial charge < -0.3 is 9.84 Å². The summed E-state index contributed by atoms with van der Waals surface area (Å²) in [5.74, 6) is 0.792. The minimum atomic E-state index is -4.34. The second-order valence-electron chi connectivity index (χ2n) is 4.68. The van der Waals surface area contributed by atoms with Crippen molar-refractivity contribution in [1.82, 2.24) is 15.5 Å². The monoisotopic (exact) mass is 283 g/mol. The van der Waals surface area contributed by atoms with E-state index in [1.54, 1.807) is 0 Å². The van der Waals surface area contributed by atoms with Crippen LogP contribution in [0.25, 0.3) is 11.4 Å². The molecule has 0 amide bonds. The average Bonchev–Trinajstić information content (AvgIpc) is 3.09. The molecule has 2 aromatic rings. The van der Waals surface area contributed by atoms with Gasteiger partial charge in [-0.05, 0) is 31.5 Å². The van der Waals surface area contributed by atoms with Crippen molar-refractivity contribution in [2.45, 2.75) is 25.1 Å². The summed E-state index contributed by atoms with van der Waals surface area (Å²) in [6.45, 7) is 0.905. The summed E-state index contributed by atoms with van der Waals surface area (Å²) in [7, 11) is 0. The molecule has 106 valence electrons. The van der Waals surface area contributed by atoms with Crippen LogP contribution in [0.4, 0.5) is 13.2 Å². The molecule has 3 rings (SSSR count). The van der Waals surface area contributed by atoms with Gasteiger partial charge in [0.15, 0.2) is 0 Å². The summed E-state index contributed by atoms with van der Waals surface area (Å²) in [6.07, 6.45) is -2.37. The van der Waals surface area contributed by atoms with Crippen molar-refractivity contribution in [1.29, 1.82) is 0 Å². The quantitative estimate of drug-likeness (QED) is 0.919. The number of aromatic nitrogens is 2. The first-order chi connectivity index (χ1) is 9.54. The van der Waals surface area contributed by atoms with E-state index in [1.165, 1.54) is 12.1 Å². The van der Waals surface area contributed by atoms with Gasteiger partial charge in [-0.2, -0.15) is 18.2 Å². The lowest BCUT2D eigenvalue weighted by Gasteiger charge is -2.05. The number of nitrogens with zero attached hydrogens (tertiary/aromatic N) is 2. The molecule has 0 saturated carbocycles. The van der Waals surface area contributed by atoms with Crippen molar-refractivity contribution in [3.8, 4) is 11.4 Å². The molecule has 7 heteroatoms. The van der Waals surface area contributed by atoms with Crippen molar-refractivity contribution in [3.05, 3.63) is 35.7 Å². The standard InChI is InChI=1S/C13H12F3N3O/c14-13(15,16)9-5-3-8(4-6-9)11-18-12(20-19-11)10-2-1-7-17-10/h3-6,10,17H,1-2,7H2. The number of benzene rings is 1. The van der Waals surface area contributed by atoms with E-state index in [4.69, 9.17) is 4.52 Å². The first-order valence-corrected chi connectivity index (χ1v) is 6.28. The molecular weight excluding hydrogens is 271 g/mol. The minimum absolute atomic E-state index is 0.0469. The van der Waals surface area contributed by atoms with Crippen molar-refractivity contribution in [2.24, 2.45) is 0 Å². The summed E-state index contributed by atoms with van der Waals surface area (Å²) in [4.78, 5) is 4.23. The van der Waals surface area contributed by atoms with Gasteiger partial charge in [-0.15, -0.1) is 0 Å². The summed E-state index contributed by atoms with van der Waals surface area (Å²) in [6, 6.07) is 4.77. The van der Waals surface area contributed by atoms with Gasteiger partial charge in [0, 0.05) is 5.56 Å². The molecule has 1 aliphatic heterocycles. The maximum Gasteiger partial charge on any atom is 0.416 e. The number of rotatable bonds is 2. The maximum atomic E-state index is 12.5. The lowest BCUT2D eigenvalue weighted by atomic mass is 10.1. The van der Waals surface area contributed by atoms with Gasteiger partial charge >= 0.3 is 6.18 Å². The number of hydrogen-bond acceptors (Lipinski definition) is 4. The molecule has 1 unspecified atom stereocenters. The van der Waals surface area contributed by atoms with Crippen LogP contribution in [0.5, 0.6) is 0 Å². The zero-order valence-electron chi connectivity index (χ0n) is 10.4. The van der Waals surface area contributed by atoms with Crippen LogP contribution in [-0.2, 0) is 6.18 Å². The van der Waals surface area contributed by atoms with E-state index in [1.807, 2.05) is 0 Å². The lowest BCUT2D eigenvalue weighted by Crippen LogP contribution is -2.12. The van der Waals surface area contributed by atoms with E-state index in [0.29, 0.717) is 17.3 Å². The van der Waals surface area contributed by atoms with Crippen LogP contribution in [0.15, 0.2) is 28.8 Å². The maximum absolute atomic E-state index is 12.5. The molecule has 1 N–H and O–H groups in total. The molecule has 1 aromatic carbocycles. The van der Waals surface area contributed by atoms with Gasteiger partial charge in [0.05, 0.1) is 11.6 Å². The van der Waals surface area contributed by atoms with Crippen LogP contribution >= 0.6 is 0 Å². The van der Waals surface area contributed by atoms with Crippen molar-refractivity contribution in [2.75, 3.05) is 6.54 Å². The Hall–Kier alpha value is -1.89. The fourth-order valence-electron chi connectivity index (χ4n) is 2.20. The average molecular weight is 283 g/mol. The normalized spacial score (nSPS) is 19.4. The fraction of sp³-hybridized carbons (Fsp3) is 0.385. The second-order valence-corrected chi connectivity index (χ2v) is 4.68. The van der Waals surface area contributed by atoms with E-state index in [9.17, 15) is 13.2 Å². The molecule has 1 saturated heterocycles. The van der Waals surface area contributed by atoms with Gasteiger partial charge in [-0.1, -0.05) is 17.3 Å². The van der Waals surface area contributed by atoms with Gasteiger partial charge in [0.25, 0.3) is 0 Å². The zero-order valence-corrected chi connectivity index (χ0v) is 10.4. The smallest absolute Gasteiger partial charge is 0.337 e. The molecule has 2 heterocycles. The fourth-order valence-corrected chi connectivity index (χ4v) is 2.20. The number of hydrogen-bond donors (Lipinski definition) is 1. The summed E-state index contributed by atoms with van der Waals surface area (Å²) in [5, 5.41) is 7.04. The Morgan fingerprint density at radius 3 is 2.55 bits per heavy atom. The Balaban J connectivity index is 1.82. The molecule has 4 nitrogen and oxygen atoms in total. The zero-order chi connectivity index (χ0) is 14.2. The summed E-state index contributed by atoms with van der Waals surface area (Å²) in [5.41, 5.74) is -0.187. The molecule has 0 bridgehead atoms. The number of alkyl halides is 3. The highest BCUT2D eigenvalue weighted by Gasteiger charge is 2.30. The molecule has 0 spiro atoms. The first-order valence-electron chi connectivity index (χ1n) is 6.28. The number of nitrogens with one attached hydrogen (secondary N) is 1. The van der Waals surface area contributed by atoms with Crippen molar-refractivity contribution < 1.29 is 17.7 Å². The van der Waals surface area contributed by atoms with Crippen LogP contribution in [0, 0.1) is 0 Å². The van der Waals surface area contributed by atoms with E-state index < -0.39 is 11.7 Å². The Bertz CT molecular complexity index is 586. The van der Waals surface area contributed by atoms with E-state index in [2.05, 4.69) is 15.5 Å². The van der Waals surface area contributed by atoms with Crippen LogP contribution in [-0.4, -0.2) is 16.7 Å². The van der Waals surface area contributed by atoms with Crippen molar-refractivity contribution >= 4 is 0 Å². The third-order valence-electron chi connectivity index (χ3n) is 3.27. The van der Waals surface area contributed by atoms with Crippen LogP contribution in [0.1, 0.15) is 30.3 Å². The second kappa shape index (κ2) is 4.90. The summed E-state index contributed by atoms with van der Waals surface area (Å²) >= 11 is 0. The van der Waals surface area contributed by atoms with Gasteiger partial charge in [0.2, 0.25) is 11.7 Å². The topological polar surface area (TPSA) is 51.0 Å². The Kier molecular flexibility index (Phi) is 3.21. The van der Waals surface area contributed by atoms with Crippen LogP contribution in [0.2, 0.25) is 0 Å². The molecule has 1 aromatic heterocycles. The van der Waals surface area contributed by atoms with Crippen LogP contribution in [0.3, 0.4) is 0 Å². The Morgan fingerprint density at radius 2 is 1.95 bits per heavy atom. The minimum Gasteiger partial charge on any atom is -0.337 e.